The molecule has 0 heterocycles. The maximum atomic E-state index is 11.1. The van der Waals surface area contributed by atoms with Gasteiger partial charge in [0.25, 0.3) is 0 Å². The standard InChI is InChI=1S/C10H13NO.Na/c1-8(2)11-7-9-5-3-4-6-10(9)12;/h3-8,12H,1-2H3;/q;+1/p-1. The molecule has 1 aromatic rings. The minimum Gasteiger partial charge on any atom is -0.872 e. The van der Waals surface area contributed by atoms with Crippen molar-refractivity contribution in [2.45, 2.75) is 19.9 Å². The fraction of sp³-hybridized carbons (Fsp3) is 0.300. The zero-order valence-electron chi connectivity index (χ0n) is 8.32. The Hall–Kier alpha value is -0.310. The van der Waals surface area contributed by atoms with Crippen molar-refractivity contribution < 1.29 is 34.7 Å². The Labute approximate surface area is 101 Å². The Morgan fingerprint density at radius 1 is 1.31 bits per heavy atom. The van der Waals surface area contributed by atoms with E-state index in [1.807, 2.05) is 19.9 Å². The van der Waals surface area contributed by atoms with Crippen LogP contribution in [-0.2, 0) is 0 Å². The maximum absolute atomic E-state index is 11.1. The summed E-state index contributed by atoms with van der Waals surface area (Å²) in [6.07, 6.45) is 1.63. The van der Waals surface area contributed by atoms with Gasteiger partial charge in [-0.2, -0.15) is 0 Å². The van der Waals surface area contributed by atoms with Gasteiger partial charge in [-0.05, 0) is 19.4 Å². The van der Waals surface area contributed by atoms with E-state index in [1.165, 1.54) is 0 Å². The third-order valence-electron chi connectivity index (χ3n) is 1.43. The summed E-state index contributed by atoms with van der Waals surface area (Å²) in [7, 11) is 0. The molecule has 0 fully saturated rings. The molecule has 1 rings (SSSR count). The van der Waals surface area contributed by atoms with E-state index in [2.05, 4.69) is 4.99 Å². The second-order valence-corrected chi connectivity index (χ2v) is 2.91. The average molecular weight is 185 g/mol. The largest absolute Gasteiger partial charge is 1.00 e. The zero-order valence-corrected chi connectivity index (χ0v) is 10.3. The van der Waals surface area contributed by atoms with E-state index in [0.29, 0.717) is 5.56 Å². The minimum atomic E-state index is 0. The molecule has 0 aromatic heterocycles. The molecule has 0 N–H and O–H groups in total. The molecule has 0 amide bonds. The SMILES string of the molecule is CC(C)N=Cc1ccccc1[O-].[Na+]. The van der Waals surface area contributed by atoms with E-state index in [-0.39, 0.29) is 41.3 Å². The number of aliphatic imine (C=N–C) groups is 1. The van der Waals surface area contributed by atoms with E-state index < -0.39 is 0 Å². The second kappa shape index (κ2) is 6.19. The molecule has 0 atom stereocenters. The van der Waals surface area contributed by atoms with E-state index in [4.69, 9.17) is 0 Å². The third kappa shape index (κ3) is 4.46. The maximum Gasteiger partial charge on any atom is 1.00 e. The molecule has 3 heteroatoms. The van der Waals surface area contributed by atoms with Gasteiger partial charge in [0.05, 0.1) is 0 Å². The summed E-state index contributed by atoms with van der Waals surface area (Å²) in [5, 5.41) is 11.1. The molecule has 0 aliphatic carbocycles. The first kappa shape index (κ1) is 12.7. The van der Waals surface area contributed by atoms with Crippen LogP contribution in [0.25, 0.3) is 0 Å². The Morgan fingerprint density at radius 2 is 1.92 bits per heavy atom. The molecular weight excluding hydrogens is 173 g/mol. The number of hydrogen-bond donors (Lipinski definition) is 0. The molecule has 0 bridgehead atoms. The van der Waals surface area contributed by atoms with Gasteiger partial charge in [-0.15, -0.1) is 5.75 Å². The summed E-state index contributed by atoms with van der Waals surface area (Å²) in [4.78, 5) is 4.13. The monoisotopic (exact) mass is 185 g/mol. The predicted molar refractivity (Wildman–Crippen MR) is 48.6 cm³/mol. The second-order valence-electron chi connectivity index (χ2n) is 2.91. The van der Waals surface area contributed by atoms with E-state index in [1.54, 1.807) is 24.4 Å². The molecule has 0 saturated heterocycles. The van der Waals surface area contributed by atoms with Crippen LogP contribution in [0.4, 0.5) is 0 Å². The van der Waals surface area contributed by atoms with Crippen LogP contribution in [0.15, 0.2) is 29.3 Å². The van der Waals surface area contributed by atoms with Gasteiger partial charge in [0, 0.05) is 12.3 Å². The molecule has 2 nitrogen and oxygen atoms in total. The van der Waals surface area contributed by atoms with E-state index in [9.17, 15) is 5.11 Å². The molecule has 1 aromatic carbocycles. The van der Waals surface area contributed by atoms with Gasteiger partial charge in [0.15, 0.2) is 0 Å². The summed E-state index contributed by atoms with van der Waals surface area (Å²) >= 11 is 0. The van der Waals surface area contributed by atoms with Crippen molar-refractivity contribution in [1.82, 2.24) is 0 Å². The number of para-hydroxylation sites is 1. The van der Waals surface area contributed by atoms with Gasteiger partial charge in [-0.1, -0.05) is 24.3 Å². The zero-order chi connectivity index (χ0) is 8.97. The predicted octanol–water partition coefficient (Wildman–Crippen LogP) is -1.41. The minimum absolute atomic E-state index is 0. The molecule has 0 aliphatic heterocycles. The Balaban J connectivity index is 0.00000144. The quantitative estimate of drug-likeness (QED) is 0.412. The van der Waals surface area contributed by atoms with Crippen molar-refractivity contribution in [3.63, 3.8) is 0 Å². The van der Waals surface area contributed by atoms with Crippen LogP contribution >= 0.6 is 0 Å². The van der Waals surface area contributed by atoms with Crippen LogP contribution < -0.4 is 34.7 Å². The Kier molecular flexibility index (Phi) is 6.04. The fourth-order valence-electron chi connectivity index (χ4n) is 0.817. The molecule has 0 saturated carbocycles. The topological polar surface area (TPSA) is 35.4 Å². The third-order valence-corrected chi connectivity index (χ3v) is 1.43. The summed E-state index contributed by atoms with van der Waals surface area (Å²) in [6.45, 7) is 3.95. The van der Waals surface area contributed by atoms with Gasteiger partial charge < -0.3 is 5.11 Å². The molecule has 0 unspecified atom stereocenters. The van der Waals surface area contributed by atoms with Crippen molar-refractivity contribution in [3.05, 3.63) is 29.8 Å². The molecule has 0 radical (unpaired) electrons. The van der Waals surface area contributed by atoms with Crippen LogP contribution in [0.1, 0.15) is 19.4 Å². The van der Waals surface area contributed by atoms with Crippen molar-refractivity contribution in [1.29, 1.82) is 0 Å². The first-order chi connectivity index (χ1) is 5.70. The van der Waals surface area contributed by atoms with Crippen LogP contribution in [0.5, 0.6) is 5.75 Å². The molecular formula is C10H12NNaO. The van der Waals surface area contributed by atoms with Crippen LogP contribution in [0, 0.1) is 0 Å². The smallest absolute Gasteiger partial charge is 0.872 e. The van der Waals surface area contributed by atoms with Crippen LogP contribution in [0.2, 0.25) is 0 Å². The first-order valence-electron chi connectivity index (χ1n) is 3.99. The van der Waals surface area contributed by atoms with Crippen molar-refractivity contribution >= 4 is 6.21 Å². The fourth-order valence-corrected chi connectivity index (χ4v) is 0.817. The average Bonchev–Trinajstić information content (AvgIpc) is 2.03. The normalized spacial score (nSPS) is 10.4. The summed E-state index contributed by atoms with van der Waals surface area (Å²) in [6, 6.07) is 7.12. The first-order valence-corrected chi connectivity index (χ1v) is 3.99. The molecule has 0 spiro atoms. The number of rotatable bonds is 2. The van der Waals surface area contributed by atoms with E-state index >= 15 is 0 Å². The number of nitrogens with zero attached hydrogens (tertiary/aromatic N) is 1. The summed E-state index contributed by atoms with van der Waals surface area (Å²) < 4.78 is 0. The van der Waals surface area contributed by atoms with Gasteiger partial charge in [-0.25, -0.2) is 0 Å². The summed E-state index contributed by atoms with van der Waals surface area (Å²) in [5.74, 6) is 0.0295. The van der Waals surface area contributed by atoms with Gasteiger partial charge >= 0.3 is 29.6 Å². The van der Waals surface area contributed by atoms with Gasteiger partial charge in [0.1, 0.15) is 0 Å². The van der Waals surface area contributed by atoms with Crippen LogP contribution in [0.3, 0.4) is 0 Å². The van der Waals surface area contributed by atoms with Crippen molar-refractivity contribution in [3.8, 4) is 5.75 Å². The summed E-state index contributed by atoms with van der Waals surface area (Å²) in [5.41, 5.74) is 0.659. The molecule has 64 valence electrons. The van der Waals surface area contributed by atoms with Gasteiger partial charge in [-0.3, -0.25) is 4.99 Å². The molecule has 0 aliphatic rings. The Morgan fingerprint density at radius 3 is 2.46 bits per heavy atom. The number of hydrogen-bond acceptors (Lipinski definition) is 2. The van der Waals surface area contributed by atoms with Crippen molar-refractivity contribution in [2.75, 3.05) is 0 Å². The van der Waals surface area contributed by atoms with E-state index in [0.717, 1.165) is 0 Å². The number of benzene rings is 1. The van der Waals surface area contributed by atoms with Crippen LogP contribution in [-0.4, -0.2) is 12.3 Å². The van der Waals surface area contributed by atoms with Gasteiger partial charge in [0.2, 0.25) is 0 Å². The van der Waals surface area contributed by atoms with Crippen molar-refractivity contribution in [2.24, 2.45) is 4.99 Å². The Bertz CT molecular complexity index is 284. The molecule has 13 heavy (non-hydrogen) atoms.